The van der Waals surface area contributed by atoms with Gasteiger partial charge in [-0.15, -0.1) is 12.4 Å². The number of anilines is 1. The number of hydrogen-bond acceptors (Lipinski definition) is 2. The monoisotopic (exact) mass is 240 g/mol. The summed E-state index contributed by atoms with van der Waals surface area (Å²) in [6.07, 6.45) is 3.26. The number of nitrogens with one attached hydrogen (secondary N) is 2. The van der Waals surface area contributed by atoms with Gasteiger partial charge in [0.05, 0.1) is 6.04 Å². The van der Waals surface area contributed by atoms with Crippen LogP contribution in [0.25, 0.3) is 0 Å². The molecular weight excluding hydrogens is 224 g/mol. The SMILES string of the molecule is Cl.O=C(Nc1ccccc1)[C@@H]1CCCCN1. The zero-order valence-electron chi connectivity index (χ0n) is 9.11. The molecule has 0 unspecified atom stereocenters. The van der Waals surface area contributed by atoms with E-state index in [1.807, 2.05) is 30.3 Å². The lowest BCUT2D eigenvalue weighted by molar-refractivity contribution is -0.118. The lowest BCUT2D eigenvalue weighted by Gasteiger charge is -2.22. The van der Waals surface area contributed by atoms with E-state index in [4.69, 9.17) is 0 Å². The molecule has 3 nitrogen and oxygen atoms in total. The summed E-state index contributed by atoms with van der Waals surface area (Å²) in [7, 11) is 0. The van der Waals surface area contributed by atoms with Gasteiger partial charge in [-0.25, -0.2) is 0 Å². The van der Waals surface area contributed by atoms with Crippen LogP contribution in [0.15, 0.2) is 30.3 Å². The molecule has 0 bridgehead atoms. The summed E-state index contributed by atoms with van der Waals surface area (Å²) in [5.74, 6) is 0.0842. The van der Waals surface area contributed by atoms with Gasteiger partial charge in [0.1, 0.15) is 0 Å². The second kappa shape index (κ2) is 6.51. The first kappa shape index (κ1) is 13.0. The van der Waals surface area contributed by atoms with Crippen LogP contribution in [0.4, 0.5) is 5.69 Å². The molecule has 0 saturated carbocycles. The lowest BCUT2D eigenvalue weighted by atomic mass is 10.0. The number of carbonyl (C=O) groups excluding carboxylic acids is 1. The van der Waals surface area contributed by atoms with Gasteiger partial charge in [0.15, 0.2) is 0 Å². The molecule has 0 radical (unpaired) electrons. The van der Waals surface area contributed by atoms with Crippen molar-refractivity contribution in [3.05, 3.63) is 30.3 Å². The summed E-state index contributed by atoms with van der Waals surface area (Å²) in [6.45, 7) is 0.951. The second-order valence-electron chi connectivity index (χ2n) is 3.86. The smallest absolute Gasteiger partial charge is 0.241 e. The Morgan fingerprint density at radius 3 is 2.62 bits per heavy atom. The first-order chi connectivity index (χ1) is 7.36. The van der Waals surface area contributed by atoms with Gasteiger partial charge in [0.25, 0.3) is 0 Å². The second-order valence-corrected chi connectivity index (χ2v) is 3.86. The van der Waals surface area contributed by atoms with E-state index in [2.05, 4.69) is 10.6 Å². The fraction of sp³-hybridized carbons (Fsp3) is 0.417. The van der Waals surface area contributed by atoms with Gasteiger partial charge in [0.2, 0.25) is 5.91 Å². The van der Waals surface area contributed by atoms with Crippen molar-refractivity contribution in [2.45, 2.75) is 25.3 Å². The standard InChI is InChI=1S/C12H16N2O.ClH/c15-12(11-8-4-5-9-13-11)14-10-6-2-1-3-7-10;/h1-3,6-7,11,13H,4-5,8-9H2,(H,14,15);1H/t11-;/m0./s1. The number of amides is 1. The van der Waals surface area contributed by atoms with E-state index >= 15 is 0 Å². The Labute approximate surface area is 102 Å². The molecule has 1 saturated heterocycles. The molecule has 1 aliphatic heterocycles. The van der Waals surface area contributed by atoms with Gasteiger partial charge in [-0.05, 0) is 31.5 Å². The van der Waals surface area contributed by atoms with E-state index in [0.29, 0.717) is 0 Å². The van der Waals surface area contributed by atoms with Gasteiger partial charge < -0.3 is 10.6 Å². The molecule has 16 heavy (non-hydrogen) atoms. The summed E-state index contributed by atoms with van der Waals surface area (Å²) in [4.78, 5) is 11.8. The molecule has 1 amide bonds. The van der Waals surface area contributed by atoms with Crippen molar-refractivity contribution in [1.82, 2.24) is 5.32 Å². The molecule has 1 heterocycles. The molecule has 1 fully saturated rings. The van der Waals surface area contributed by atoms with Crippen LogP contribution in [0.1, 0.15) is 19.3 Å². The third-order valence-electron chi connectivity index (χ3n) is 2.67. The summed E-state index contributed by atoms with van der Waals surface area (Å²) >= 11 is 0. The third kappa shape index (κ3) is 3.51. The van der Waals surface area contributed by atoms with Crippen LogP contribution in [0.3, 0.4) is 0 Å². The fourth-order valence-corrected chi connectivity index (χ4v) is 1.83. The van der Waals surface area contributed by atoms with Gasteiger partial charge in [-0.1, -0.05) is 24.6 Å². The maximum Gasteiger partial charge on any atom is 0.241 e. The van der Waals surface area contributed by atoms with Crippen LogP contribution in [0, 0.1) is 0 Å². The lowest BCUT2D eigenvalue weighted by Crippen LogP contribution is -2.43. The number of hydrogen-bond donors (Lipinski definition) is 2. The van der Waals surface area contributed by atoms with Crippen LogP contribution < -0.4 is 10.6 Å². The van der Waals surface area contributed by atoms with Crippen LogP contribution in [-0.4, -0.2) is 18.5 Å². The maximum absolute atomic E-state index is 11.8. The highest BCUT2D eigenvalue weighted by Gasteiger charge is 2.19. The van der Waals surface area contributed by atoms with Gasteiger partial charge in [0, 0.05) is 5.69 Å². The average Bonchev–Trinajstić information content (AvgIpc) is 2.31. The highest BCUT2D eigenvalue weighted by molar-refractivity contribution is 5.94. The molecular formula is C12H17ClN2O. The molecule has 1 aliphatic rings. The number of para-hydroxylation sites is 1. The largest absolute Gasteiger partial charge is 0.325 e. The van der Waals surface area contributed by atoms with Crippen molar-refractivity contribution in [2.75, 3.05) is 11.9 Å². The van der Waals surface area contributed by atoms with Crippen molar-refractivity contribution in [3.63, 3.8) is 0 Å². The fourth-order valence-electron chi connectivity index (χ4n) is 1.83. The first-order valence-electron chi connectivity index (χ1n) is 5.45. The van der Waals surface area contributed by atoms with Crippen molar-refractivity contribution >= 4 is 24.0 Å². The van der Waals surface area contributed by atoms with Gasteiger partial charge >= 0.3 is 0 Å². The summed E-state index contributed by atoms with van der Waals surface area (Å²) in [5, 5.41) is 6.14. The third-order valence-corrected chi connectivity index (χ3v) is 2.67. The zero-order valence-corrected chi connectivity index (χ0v) is 9.93. The Hall–Kier alpha value is -1.06. The normalized spacial score (nSPS) is 19.6. The molecule has 0 aromatic heterocycles. The number of halogens is 1. The van der Waals surface area contributed by atoms with E-state index in [1.165, 1.54) is 6.42 Å². The van der Waals surface area contributed by atoms with Crippen LogP contribution in [-0.2, 0) is 4.79 Å². The Morgan fingerprint density at radius 1 is 1.25 bits per heavy atom. The molecule has 0 aliphatic carbocycles. The number of carbonyl (C=O) groups is 1. The Bertz CT molecular complexity index is 323. The van der Waals surface area contributed by atoms with Crippen LogP contribution in [0.5, 0.6) is 0 Å². The molecule has 1 atom stereocenters. The summed E-state index contributed by atoms with van der Waals surface area (Å²) in [5.41, 5.74) is 0.870. The first-order valence-corrected chi connectivity index (χ1v) is 5.45. The highest BCUT2D eigenvalue weighted by Crippen LogP contribution is 2.10. The van der Waals surface area contributed by atoms with Crippen molar-refractivity contribution < 1.29 is 4.79 Å². The van der Waals surface area contributed by atoms with Crippen molar-refractivity contribution in [2.24, 2.45) is 0 Å². The Kier molecular flexibility index (Phi) is 5.29. The summed E-state index contributed by atoms with van der Waals surface area (Å²) < 4.78 is 0. The van der Waals surface area contributed by atoms with E-state index in [-0.39, 0.29) is 24.4 Å². The molecule has 4 heteroatoms. The number of piperidine rings is 1. The minimum Gasteiger partial charge on any atom is -0.325 e. The Morgan fingerprint density at radius 2 is 2.00 bits per heavy atom. The predicted molar refractivity (Wildman–Crippen MR) is 68.0 cm³/mol. The minimum absolute atomic E-state index is 0. The molecule has 1 aromatic carbocycles. The quantitative estimate of drug-likeness (QED) is 0.832. The molecule has 2 rings (SSSR count). The van der Waals surface area contributed by atoms with Crippen molar-refractivity contribution in [1.29, 1.82) is 0 Å². The predicted octanol–water partition coefficient (Wildman–Crippen LogP) is 2.19. The average molecular weight is 241 g/mol. The summed E-state index contributed by atoms with van der Waals surface area (Å²) in [6, 6.07) is 9.57. The number of rotatable bonds is 2. The molecule has 2 N–H and O–H groups in total. The van der Waals surface area contributed by atoms with E-state index < -0.39 is 0 Å². The zero-order chi connectivity index (χ0) is 10.5. The number of benzene rings is 1. The molecule has 1 aromatic rings. The van der Waals surface area contributed by atoms with E-state index in [1.54, 1.807) is 0 Å². The van der Waals surface area contributed by atoms with Gasteiger partial charge in [-0.3, -0.25) is 4.79 Å². The Balaban J connectivity index is 0.00000128. The van der Waals surface area contributed by atoms with Crippen molar-refractivity contribution in [3.8, 4) is 0 Å². The highest BCUT2D eigenvalue weighted by atomic mass is 35.5. The van der Waals surface area contributed by atoms with Gasteiger partial charge in [-0.2, -0.15) is 0 Å². The van der Waals surface area contributed by atoms with Crippen LogP contribution in [0.2, 0.25) is 0 Å². The van der Waals surface area contributed by atoms with E-state index in [0.717, 1.165) is 25.1 Å². The van der Waals surface area contributed by atoms with Crippen LogP contribution >= 0.6 is 12.4 Å². The van der Waals surface area contributed by atoms with E-state index in [9.17, 15) is 4.79 Å². The topological polar surface area (TPSA) is 41.1 Å². The minimum atomic E-state index is -0.0149. The molecule has 88 valence electrons. The maximum atomic E-state index is 11.8. The molecule has 0 spiro atoms.